The van der Waals surface area contributed by atoms with E-state index in [0.717, 1.165) is 90.4 Å². The second-order valence-corrected chi connectivity index (χ2v) is 21.8. The number of ketones is 2. The van der Waals surface area contributed by atoms with Gasteiger partial charge in [-0.25, -0.2) is 4.79 Å². The van der Waals surface area contributed by atoms with Gasteiger partial charge >= 0.3 is 5.97 Å². The lowest BCUT2D eigenvalue weighted by atomic mass is 9.44. The molecule has 2 aromatic carbocycles. The predicted molar refractivity (Wildman–Crippen MR) is 268 cm³/mol. The number of carbonyl (C=O) groups excluding carboxylic acids is 3. The van der Waals surface area contributed by atoms with Crippen LogP contribution in [-0.4, -0.2) is 121 Å². The van der Waals surface area contributed by atoms with Crippen LogP contribution < -0.4 is 19.9 Å². The van der Waals surface area contributed by atoms with Crippen LogP contribution in [0.1, 0.15) is 114 Å². The Kier molecular flexibility index (Phi) is 11.8. The van der Waals surface area contributed by atoms with Crippen molar-refractivity contribution in [3.05, 3.63) is 104 Å². The van der Waals surface area contributed by atoms with Crippen molar-refractivity contribution in [2.24, 2.45) is 23.5 Å². The van der Waals surface area contributed by atoms with Crippen molar-refractivity contribution in [1.82, 2.24) is 14.7 Å². The lowest BCUT2D eigenvalue weighted by Crippen LogP contribution is -2.75. The molecule has 11 rings (SSSR count). The third kappa shape index (κ3) is 7.16. The first-order chi connectivity index (χ1) is 32.9. The zero-order valence-corrected chi connectivity index (χ0v) is 42.3. The number of nitrogens with zero attached hydrogens (tertiary/aromatic N) is 3. The molecule has 366 valence electrons. The minimum atomic E-state index is -1.58. The number of rotatable bonds is 14. The Bertz CT molecular complexity index is 2730. The topological polar surface area (TPSA) is 133 Å². The fourth-order valence-corrected chi connectivity index (χ4v) is 13.1. The molecule has 6 unspecified atom stereocenters. The number of benzene rings is 2. The summed E-state index contributed by atoms with van der Waals surface area (Å²) in [4.78, 5) is 51.4. The van der Waals surface area contributed by atoms with E-state index in [1.54, 1.807) is 13.0 Å². The van der Waals surface area contributed by atoms with Gasteiger partial charge in [0.15, 0.2) is 22.8 Å². The molecular weight excluding hydrogens is 869 g/mol. The second kappa shape index (κ2) is 17.2. The molecule has 5 fully saturated rings. The summed E-state index contributed by atoms with van der Waals surface area (Å²) in [6.45, 7) is 22.0. The van der Waals surface area contributed by atoms with Gasteiger partial charge in [-0.3, -0.25) is 14.5 Å². The standard InChI is InChI=1S/C57H70N4O8/c1-33(2)14-13-21-55(8)22-20-39-49(67-55)38(18-17-34(3)4)51-44(50(39)66-31-30-60-28-26-59(9)27-29-60)47-45-42(43-46(61(47)25-24-58)36-15-11-12-16-37(36)48(43)62)40-32-41-54(6,7)69-56(52(40)63,57(41,45)68-51)23-19-35(5)53(64)65-10/h11-12,14-17,19-20,22,40-42H,13,18,21,23-32,58H2,1-10H3. The van der Waals surface area contributed by atoms with Gasteiger partial charge in [-0.1, -0.05) is 53.6 Å². The summed E-state index contributed by atoms with van der Waals surface area (Å²) >= 11 is 0. The SMILES string of the molecule is COC(=O)C(C)=CCC12OC(C)(C)C3CC(C1=O)C1C4=C(c5ccccc5C4=O)N(CCN)C4=C1C32Oc1c(CC=C(C)C)c2c(c(OCCN3CCN(C)CC3)c14)C=CC(C)(CCC=C(C)C)O2. The Balaban J connectivity index is 1.29. The third-order valence-corrected chi connectivity index (χ3v) is 16.4. The van der Waals surface area contributed by atoms with Gasteiger partial charge in [0.05, 0.1) is 35.2 Å². The number of hydrogen-bond acceptors (Lipinski definition) is 12. The molecule has 0 aromatic heterocycles. The Labute approximate surface area is 407 Å². The average molecular weight is 939 g/mol. The van der Waals surface area contributed by atoms with Crippen molar-refractivity contribution in [3.63, 3.8) is 0 Å². The van der Waals surface area contributed by atoms with Crippen LogP contribution in [0, 0.1) is 17.8 Å². The number of Topliss-reactive ketones (excluding diaryl/α,β-unsaturated/α-hetero) is 2. The van der Waals surface area contributed by atoms with E-state index in [-0.39, 0.29) is 30.4 Å². The van der Waals surface area contributed by atoms with Crippen molar-refractivity contribution in [3.8, 4) is 17.2 Å². The average Bonchev–Trinajstić information content (AvgIpc) is 3.68. The zero-order valence-electron chi connectivity index (χ0n) is 42.3. The van der Waals surface area contributed by atoms with Gasteiger partial charge in [-0.2, -0.15) is 0 Å². The number of nitrogens with two attached hydrogens (primary N) is 1. The van der Waals surface area contributed by atoms with Crippen molar-refractivity contribution in [2.45, 2.75) is 110 Å². The van der Waals surface area contributed by atoms with Gasteiger partial charge in [-0.15, -0.1) is 0 Å². The zero-order chi connectivity index (χ0) is 48.9. The van der Waals surface area contributed by atoms with Crippen LogP contribution >= 0.6 is 0 Å². The molecule has 2 N–H and O–H groups in total. The first kappa shape index (κ1) is 47.4. The van der Waals surface area contributed by atoms with Crippen molar-refractivity contribution in [2.75, 3.05) is 66.6 Å². The minimum absolute atomic E-state index is 0.0588. The molecule has 2 aromatic rings. The molecule has 1 spiro atoms. The molecule has 5 heterocycles. The molecule has 6 atom stereocenters. The molecule has 9 aliphatic rings. The third-order valence-electron chi connectivity index (χ3n) is 16.4. The van der Waals surface area contributed by atoms with E-state index in [2.05, 4.69) is 94.5 Å². The Hall–Kier alpha value is -5.27. The summed E-state index contributed by atoms with van der Waals surface area (Å²) in [5.41, 5.74) is 12.0. The van der Waals surface area contributed by atoms with Gasteiger partial charge in [0, 0.05) is 103 Å². The molecule has 0 amide bonds. The van der Waals surface area contributed by atoms with Crippen molar-refractivity contribution in [1.29, 1.82) is 0 Å². The molecule has 0 radical (unpaired) electrons. The highest BCUT2D eigenvalue weighted by atomic mass is 16.6. The molecule has 5 aliphatic heterocycles. The number of likely N-dealkylation sites (N-methyl/N-ethyl adjacent to an activating group) is 1. The maximum absolute atomic E-state index is 16.1. The van der Waals surface area contributed by atoms with Crippen LogP contribution in [0.3, 0.4) is 0 Å². The quantitative estimate of drug-likeness (QED) is 0.111. The van der Waals surface area contributed by atoms with E-state index in [9.17, 15) is 4.79 Å². The van der Waals surface area contributed by atoms with Crippen molar-refractivity contribution >= 4 is 35.0 Å². The van der Waals surface area contributed by atoms with E-state index >= 15 is 9.59 Å². The van der Waals surface area contributed by atoms with Crippen LogP contribution in [0.25, 0.3) is 17.5 Å². The summed E-state index contributed by atoms with van der Waals surface area (Å²) in [6, 6.07) is 7.80. The summed E-state index contributed by atoms with van der Waals surface area (Å²) in [5.74, 6) is -0.311. The molecule has 4 aliphatic carbocycles. The van der Waals surface area contributed by atoms with E-state index in [0.29, 0.717) is 60.0 Å². The maximum atomic E-state index is 16.1. The first-order valence-corrected chi connectivity index (χ1v) is 25.1. The van der Waals surface area contributed by atoms with E-state index in [4.69, 9.17) is 29.4 Å². The number of fused-ring (bicyclic) bond motifs is 5. The Morgan fingerprint density at radius 2 is 1.64 bits per heavy atom. The highest BCUT2D eigenvalue weighted by Gasteiger charge is 2.84. The number of methoxy groups -OCH3 is 1. The minimum Gasteiger partial charge on any atom is -0.491 e. The number of hydrogen-bond donors (Lipinski definition) is 1. The Morgan fingerprint density at radius 1 is 0.913 bits per heavy atom. The smallest absolute Gasteiger partial charge is 0.333 e. The first-order valence-electron chi connectivity index (χ1n) is 25.1. The number of esters is 1. The molecule has 12 heteroatoms. The predicted octanol–water partition coefficient (Wildman–Crippen LogP) is 8.35. The maximum Gasteiger partial charge on any atom is 0.333 e. The lowest BCUT2D eigenvalue weighted by Gasteiger charge is -2.63. The summed E-state index contributed by atoms with van der Waals surface area (Å²) in [5, 5.41) is 0. The summed E-state index contributed by atoms with van der Waals surface area (Å²) in [6.07, 6.45) is 13.2. The summed E-state index contributed by atoms with van der Waals surface area (Å²) in [7, 11) is 3.52. The Morgan fingerprint density at radius 3 is 2.33 bits per heavy atom. The fraction of sp³-hybridized carbons (Fsp3) is 0.526. The van der Waals surface area contributed by atoms with E-state index in [1.807, 2.05) is 24.3 Å². The number of ether oxygens (including phenoxy) is 5. The molecule has 12 nitrogen and oxygen atoms in total. The van der Waals surface area contributed by atoms with Crippen LogP contribution in [-0.2, 0) is 25.5 Å². The molecular formula is C57H70N4O8. The number of carbonyl (C=O) groups is 3. The normalized spacial score (nSPS) is 29.2. The molecule has 4 bridgehead atoms. The second-order valence-electron chi connectivity index (χ2n) is 21.8. The number of piperazine rings is 1. The number of allylic oxidation sites excluding steroid dienone is 5. The van der Waals surface area contributed by atoms with Gasteiger partial charge in [0.1, 0.15) is 29.5 Å². The van der Waals surface area contributed by atoms with Crippen LogP contribution in [0.5, 0.6) is 17.2 Å². The molecule has 2 saturated heterocycles. The largest absolute Gasteiger partial charge is 0.491 e. The van der Waals surface area contributed by atoms with Gasteiger partial charge in [-0.05, 0) is 100 Å². The molecule has 3 saturated carbocycles. The molecule has 69 heavy (non-hydrogen) atoms. The van der Waals surface area contributed by atoms with Crippen molar-refractivity contribution < 1.29 is 38.1 Å². The van der Waals surface area contributed by atoms with Gasteiger partial charge < -0.3 is 39.2 Å². The highest BCUT2D eigenvalue weighted by Crippen LogP contribution is 2.75. The van der Waals surface area contributed by atoms with E-state index in [1.165, 1.54) is 12.7 Å². The summed E-state index contributed by atoms with van der Waals surface area (Å²) < 4.78 is 35.4. The van der Waals surface area contributed by atoms with Crippen LogP contribution in [0.15, 0.2) is 76.4 Å². The lowest BCUT2D eigenvalue weighted by molar-refractivity contribution is -0.181. The van der Waals surface area contributed by atoms with Crippen LogP contribution in [0.4, 0.5) is 0 Å². The van der Waals surface area contributed by atoms with E-state index < -0.39 is 40.2 Å². The van der Waals surface area contributed by atoms with Gasteiger partial charge in [0.2, 0.25) is 0 Å². The fourth-order valence-electron chi connectivity index (χ4n) is 13.1. The van der Waals surface area contributed by atoms with Gasteiger partial charge in [0.25, 0.3) is 0 Å². The highest BCUT2D eigenvalue weighted by molar-refractivity contribution is 6.23. The van der Waals surface area contributed by atoms with Crippen LogP contribution in [0.2, 0.25) is 0 Å². The monoisotopic (exact) mass is 939 g/mol.